The Morgan fingerprint density at radius 2 is 1.81 bits per heavy atom. The highest BCUT2D eigenvalue weighted by molar-refractivity contribution is 9.10. The molecule has 3 aromatic carbocycles. The first kappa shape index (κ1) is 22.6. The van der Waals surface area contributed by atoms with Gasteiger partial charge in [0.2, 0.25) is 0 Å². The molecule has 3 rings (SSSR count). The quantitative estimate of drug-likeness (QED) is 0.275. The number of carbonyl (C=O) groups is 2. The van der Waals surface area contributed by atoms with Gasteiger partial charge in [-0.15, -0.1) is 0 Å². The fourth-order valence-corrected chi connectivity index (χ4v) is 2.86. The predicted octanol–water partition coefficient (Wildman–Crippen LogP) is 4.14. The second kappa shape index (κ2) is 10.8. The fraction of sp³-hybridized carbons (Fsp3) is 0.0455. The first-order valence-electron chi connectivity index (χ1n) is 9.27. The lowest BCUT2D eigenvalue weighted by atomic mass is 10.2. The van der Waals surface area contributed by atoms with E-state index in [1.807, 2.05) is 0 Å². The number of hydrogen-bond donors (Lipinski definition) is 2. The van der Waals surface area contributed by atoms with Crippen LogP contribution in [0.1, 0.15) is 15.9 Å². The van der Waals surface area contributed by atoms with Gasteiger partial charge < -0.3 is 10.1 Å². The van der Waals surface area contributed by atoms with Crippen LogP contribution in [0.15, 0.2) is 82.4 Å². The summed E-state index contributed by atoms with van der Waals surface area (Å²) >= 11 is 3.32. The number of anilines is 1. The molecule has 2 N–H and O–H groups in total. The van der Waals surface area contributed by atoms with Gasteiger partial charge in [0.05, 0.1) is 16.7 Å². The van der Waals surface area contributed by atoms with Gasteiger partial charge >= 0.3 is 0 Å². The van der Waals surface area contributed by atoms with Crippen molar-refractivity contribution >= 4 is 45.3 Å². The molecular formula is C22H17BrN4O5. The van der Waals surface area contributed by atoms with E-state index in [2.05, 4.69) is 31.8 Å². The van der Waals surface area contributed by atoms with E-state index >= 15 is 0 Å². The van der Waals surface area contributed by atoms with Gasteiger partial charge in [-0.05, 0) is 36.4 Å². The van der Waals surface area contributed by atoms with Crippen LogP contribution in [0.5, 0.6) is 5.75 Å². The molecule has 0 spiro atoms. The van der Waals surface area contributed by atoms with Crippen molar-refractivity contribution in [1.29, 1.82) is 0 Å². The number of hydrazone groups is 1. The summed E-state index contributed by atoms with van der Waals surface area (Å²) in [4.78, 5) is 34.9. The number of benzene rings is 3. The second-order valence-corrected chi connectivity index (χ2v) is 7.31. The maximum atomic E-state index is 12.5. The molecular weight excluding hydrogens is 480 g/mol. The number of nitrogens with zero attached hydrogens (tertiary/aromatic N) is 2. The number of ether oxygens (including phenoxy) is 1. The summed E-state index contributed by atoms with van der Waals surface area (Å²) in [6.45, 7) is -0.294. The van der Waals surface area contributed by atoms with Gasteiger partial charge in [0.1, 0.15) is 5.75 Å². The van der Waals surface area contributed by atoms with E-state index in [0.29, 0.717) is 11.3 Å². The smallest absolute Gasteiger partial charge is 0.275 e. The van der Waals surface area contributed by atoms with Crippen molar-refractivity contribution in [3.63, 3.8) is 0 Å². The second-order valence-electron chi connectivity index (χ2n) is 6.39. The van der Waals surface area contributed by atoms with Crippen LogP contribution in [0.2, 0.25) is 0 Å². The molecule has 0 radical (unpaired) electrons. The number of nitro groups is 1. The molecule has 0 aliphatic heterocycles. The van der Waals surface area contributed by atoms with Gasteiger partial charge in [0, 0.05) is 27.9 Å². The molecule has 0 unspecified atom stereocenters. The van der Waals surface area contributed by atoms with E-state index in [1.54, 1.807) is 48.5 Å². The van der Waals surface area contributed by atoms with Crippen LogP contribution in [0.25, 0.3) is 0 Å². The van der Waals surface area contributed by atoms with Gasteiger partial charge in [-0.25, -0.2) is 5.43 Å². The molecule has 0 atom stereocenters. The minimum Gasteiger partial charge on any atom is -0.483 e. The molecule has 0 saturated carbocycles. The number of para-hydroxylation sites is 1. The van der Waals surface area contributed by atoms with Crippen molar-refractivity contribution in [2.45, 2.75) is 0 Å². The molecule has 0 aliphatic carbocycles. The van der Waals surface area contributed by atoms with Crippen molar-refractivity contribution in [3.05, 3.63) is 98.5 Å². The van der Waals surface area contributed by atoms with Gasteiger partial charge in [-0.1, -0.05) is 40.2 Å². The highest BCUT2D eigenvalue weighted by atomic mass is 79.9. The molecule has 10 heteroatoms. The molecule has 0 saturated heterocycles. The molecule has 9 nitrogen and oxygen atoms in total. The van der Waals surface area contributed by atoms with Crippen LogP contribution in [0.4, 0.5) is 11.4 Å². The van der Waals surface area contributed by atoms with Crippen LogP contribution in [-0.2, 0) is 4.79 Å². The van der Waals surface area contributed by atoms with E-state index in [9.17, 15) is 19.7 Å². The molecule has 0 fully saturated rings. The summed E-state index contributed by atoms with van der Waals surface area (Å²) in [6, 6.07) is 19.3. The van der Waals surface area contributed by atoms with Crippen LogP contribution in [0, 0.1) is 10.1 Å². The van der Waals surface area contributed by atoms with Crippen LogP contribution >= 0.6 is 15.9 Å². The maximum Gasteiger partial charge on any atom is 0.275 e. The first-order chi connectivity index (χ1) is 15.4. The van der Waals surface area contributed by atoms with Crippen molar-refractivity contribution < 1.29 is 19.2 Å². The molecule has 32 heavy (non-hydrogen) atoms. The number of carbonyl (C=O) groups excluding carboxylic acids is 2. The third-order valence-electron chi connectivity index (χ3n) is 4.08. The molecule has 0 aliphatic rings. The first-order valence-corrected chi connectivity index (χ1v) is 10.1. The zero-order valence-corrected chi connectivity index (χ0v) is 18.1. The lowest BCUT2D eigenvalue weighted by molar-refractivity contribution is -0.384. The van der Waals surface area contributed by atoms with E-state index < -0.39 is 10.8 Å². The minimum absolute atomic E-state index is 0.0829. The zero-order chi connectivity index (χ0) is 22.9. The fourth-order valence-electron chi connectivity index (χ4n) is 2.60. The SMILES string of the molecule is O=C(COc1ccccc1C(=O)NN=Cc1cccc([N+](=O)[O-])c1)Nc1ccc(Br)cc1. The number of non-ortho nitro benzene ring substituents is 1. The van der Waals surface area contributed by atoms with Crippen molar-refractivity contribution in [2.75, 3.05) is 11.9 Å². The average Bonchev–Trinajstić information content (AvgIpc) is 2.79. The number of halogens is 1. The van der Waals surface area contributed by atoms with Crippen molar-refractivity contribution in [3.8, 4) is 5.75 Å². The van der Waals surface area contributed by atoms with Crippen LogP contribution in [0.3, 0.4) is 0 Å². The minimum atomic E-state index is -0.560. The molecule has 0 aromatic heterocycles. The van der Waals surface area contributed by atoms with Gasteiger partial charge in [-0.2, -0.15) is 5.10 Å². The molecule has 2 amide bonds. The number of amides is 2. The Hall–Kier alpha value is -4.05. The summed E-state index contributed by atoms with van der Waals surface area (Å²) < 4.78 is 6.40. The number of rotatable bonds is 8. The summed E-state index contributed by atoms with van der Waals surface area (Å²) in [6.07, 6.45) is 1.29. The molecule has 162 valence electrons. The number of hydrogen-bond acceptors (Lipinski definition) is 6. The van der Waals surface area contributed by atoms with E-state index in [-0.39, 0.29) is 29.5 Å². The molecule has 0 bridgehead atoms. The van der Waals surface area contributed by atoms with Crippen molar-refractivity contribution in [1.82, 2.24) is 5.43 Å². The standard InChI is InChI=1S/C22H17BrN4O5/c23-16-8-10-17(11-9-16)25-21(28)14-32-20-7-2-1-6-19(20)22(29)26-24-13-15-4-3-5-18(12-15)27(30)31/h1-13H,14H2,(H,25,28)(H,26,29). The number of nitrogens with one attached hydrogen (secondary N) is 2. The Bertz CT molecular complexity index is 1160. The Labute approximate surface area is 191 Å². The van der Waals surface area contributed by atoms with Gasteiger partial charge in [-0.3, -0.25) is 19.7 Å². The number of nitro benzene ring substituents is 1. The summed E-state index contributed by atoms with van der Waals surface area (Å²) in [5.74, 6) is -0.733. The highest BCUT2D eigenvalue weighted by Crippen LogP contribution is 2.18. The highest BCUT2D eigenvalue weighted by Gasteiger charge is 2.13. The Kier molecular flexibility index (Phi) is 7.65. The predicted molar refractivity (Wildman–Crippen MR) is 123 cm³/mol. The lowest BCUT2D eigenvalue weighted by Gasteiger charge is -2.11. The van der Waals surface area contributed by atoms with E-state index in [1.165, 1.54) is 30.5 Å². The summed E-state index contributed by atoms with van der Waals surface area (Å²) in [7, 11) is 0. The zero-order valence-electron chi connectivity index (χ0n) is 16.5. The van der Waals surface area contributed by atoms with Gasteiger partial charge in [0.25, 0.3) is 17.5 Å². The third-order valence-corrected chi connectivity index (χ3v) is 4.61. The lowest BCUT2D eigenvalue weighted by Crippen LogP contribution is -2.22. The normalized spacial score (nSPS) is 10.5. The topological polar surface area (TPSA) is 123 Å². The molecule has 0 heterocycles. The summed E-state index contributed by atoms with van der Waals surface area (Å²) in [5, 5.41) is 17.4. The monoisotopic (exact) mass is 496 g/mol. The summed E-state index contributed by atoms with van der Waals surface area (Å²) in [5.41, 5.74) is 3.51. The Balaban J connectivity index is 1.59. The largest absolute Gasteiger partial charge is 0.483 e. The van der Waals surface area contributed by atoms with Crippen molar-refractivity contribution in [2.24, 2.45) is 5.10 Å². The Morgan fingerprint density at radius 1 is 1.06 bits per heavy atom. The Morgan fingerprint density at radius 3 is 2.56 bits per heavy atom. The third kappa shape index (κ3) is 6.47. The van der Waals surface area contributed by atoms with E-state index in [4.69, 9.17) is 4.74 Å². The van der Waals surface area contributed by atoms with Gasteiger partial charge in [0.15, 0.2) is 6.61 Å². The van der Waals surface area contributed by atoms with E-state index in [0.717, 1.165) is 4.47 Å². The molecule has 3 aromatic rings. The maximum absolute atomic E-state index is 12.5. The average molecular weight is 497 g/mol. The van der Waals surface area contributed by atoms with Crippen LogP contribution < -0.4 is 15.5 Å². The van der Waals surface area contributed by atoms with Crippen LogP contribution in [-0.4, -0.2) is 29.6 Å².